The quantitative estimate of drug-likeness (QED) is 0.470. The zero-order valence-electron chi connectivity index (χ0n) is 18.5. The van der Waals surface area contributed by atoms with Crippen LogP contribution in [0.15, 0.2) is 66.9 Å². The highest BCUT2D eigenvalue weighted by Gasteiger charge is 2.14. The molecule has 0 bridgehead atoms. The fourth-order valence-electron chi connectivity index (χ4n) is 3.96. The number of carbonyl (C=O) groups is 1. The van der Waals surface area contributed by atoms with Gasteiger partial charge in [0.1, 0.15) is 12.4 Å². The molecule has 0 spiro atoms. The van der Waals surface area contributed by atoms with Gasteiger partial charge in [0.15, 0.2) is 0 Å². The average Bonchev–Trinajstić information content (AvgIpc) is 3.23. The van der Waals surface area contributed by atoms with E-state index in [1.165, 1.54) is 0 Å². The Bertz CT molecular complexity index is 1260. The van der Waals surface area contributed by atoms with Crippen molar-refractivity contribution in [1.29, 1.82) is 0 Å². The van der Waals surface area contributed by atoms with Crippen LogP contribution in [0.4, 0.5) is 23.1 Å². The summed E-state index contributed by atoms with van der Waals surface area (Å²) in [6, 6.07) is 19.6. The molecule has 5 rings (SSSR count). The van der Waals surface area contributed by atoms with E-state index in [4.69, 9.17) is 4.74 Å². The molecule has 8 nitrogen and oxygen atoms in total. The normalized spacial score (nSPS) is 13.8. The molecule has 2 N–H and O–H groups in total. The van der Waals surface area contributed by atoms with Crippen LogP contribution in [0, 0.1) is 6.92 Å². The molecule has 33 heavy (non-hydrogen) atoms. The molecule has 1 aliphatic heterocycles. The molecule has 0 atom stereocenters. The third-order valence-electron chi connectivity index (χ3n) is 5.59. The van der Waals surface area contributed by atoms with Gasteiger partial charge in [-0.25, -0.2) is 4.98 Å². The molecule has 4 aromatic rings. The van der Waals surface area contributed by atoms with Gasteiger partial charge < -0.3 is 24.8 Å². The summed E-state index contributed by atoms with van der Waals surface area (Å²) in [7, 11) is 0. The molecule has 1 fully saturated rings. The molecule has 1 amide bonds. The number of ether oxygens (including phenoxy) is 1. The van der Waals surface area contributed by atoms with Gasteiger partial charge in [0, 0.05) is 47.9 Å². The second-order valence-corrected chi connectivity index (χ2v) is 8.04. The fraction of sp³-hybridized carbons (Fsp3) is 0.240. The van der Waals surface area contributed by atoms with E-state index in [9.17, 15) is 4.79 Å². The van der Waals surface area contributed by atoms with Crippen LogP contribution in [0.25, 0.3) is 10.9 Å². The summed E-state index contributed by atoms with van der Waals surface area (Å²) in [4.78, 5) is 23.9. The smallest absolute Gasteiger partial charge is 0.244 e. The van der Waals surface area contributed by atoms with Gasteiger partial charge in [-0.05, 0) is 48.7 Å². The van der Waals surface area contributed by atoms with Crippen molar-refractivity contribution in [2.75, 3.05) is 41.8 Å². The molecular weight excluding hydrogens is 416 g/mol. The van der Waals surface area contributed by atoms with Crippen LogP contribution < -0.4 is 15.5 Å². The monoisotopic (exact) mass is 442 g/mol. The van der Waals surface area contributed by atoms with Crippen LogP contribution in [0.2, 0.25) is 0 Å². The van der Waals surface area contributed by atoms with Crippen molar-refractivity contribution in [3.63, 3.8) is 0 Å². The van der Waals surface area contributed by atoms with Crippen molar-refractivity contribution in [2.24, 2.45) is 0 Å². The number of anilines is 4. The van der Waals surface area contributed by atoms with Gasteiger partial charge in [-0.3, -0.25) is 4.79 Å². The van der Waals surface area contributed by atoms with Crippen molar-refractivity contribution in [3.8, 4) is 0 Å². The predicted octanol–water partition coefficient (Wildman–Crippen LogP) is 3.96. The maximum Gasteiger partial charge on any atom is 0.244 e. The van der Waals surface area contributed by atoms with Gasteiger partial charge in [-0.1, -0.05) is 18.2 Å². The van der Waals surface area contributed by atoms with Gasteiger partial charge in [0.05, 0.1) is 13.2 Å². The Morgan fingerprint density at radius 2 is 1.76 bits per heavy atom. The van der Waals surface area contributed by atoms with Crippen LogP contribution in [-0.2, 0) is 16.1 Å². The first kappa shape index (κ1) is 21.0. The molecule has 8 heteroatoms. The number of benzene rings is 2. The Morgan fingerprint density at radius 1 is 1.00 bits per heavy atom. The van der Waals surface area contributed by atoms with Crippen molar-refractivity contribution in [2.45, 2.75) is 13.5 Å². The van der Waals surface area contributed by atoms with Crippen molar-refractivity contribution < 1.29 is 9.53 Å². The summed E-state index contributed by atoms with van der Waals surface area (Å²) < 4.78 is 7.38. The van der Waals surface area contributed by atoms with E-state index >= 15 is 0 Å². The maximum absolute atomic E-state index is 12.5. The average molecular weight is 443 g/mol. The number of rotatable bonds is 6. The number of aromatic nitrogens is 3. The van der Waals surface area contributed by atoms with Crippen molar-refractivity contribution >= 4 is 40.0 Å². The first-order valence-electron chi connectivity index (χ1n) is 11.0. The first-order valence-corrected chi connectivity index (χ1v) is 11.0. The largest absolute Gasteiger partial charge is 0.378 e. The van der Waals surface area contributed by atoms with E-state index in [1.807, 2.05) is 78.4 Å². The number of hydrogen-bond donors (Lipinski definition) is 2. The summed E-state index contributed by atoms with van der Waals surface area (Å²) in [5.74, 6) is 1.37. The van der Waals surface area contributed by atoms with E-state index in [-0.39, 0.29) is 12.5 Å². The summed E-state index contributed by atoms with van der Waals surface area (Å²) in [6.07, 6.45) is 1.93. The molecule has 2 aromatic carbocycles. The van der Waals surface area contributed by atoms with Gasteiger partial charge in [-0.15, -0.1) is 0 Å². The third-order valence-corrected chi connectivity index (χ3v) is 5.59. The number of carbonyl (C=O) groups excluding carboxylic acids is 1. The zero-order valence-corrected chi connectivity index (χ0v) is 18.5. The van der Waals surface area contributed by atoms with Crippen LogP contribution in [0.1, 0.15) is 5.69 Å². The molecule has 2 aromatic heterocycles. The Kier molecular flexibility index (Phi) is 5.91. The van der Waals surface area contributed by atoms with E-state index < -0.39 is 0 Å². The minimum absolute atomic E-state index is 0.0748. The summed E-state index contributed by atoms with van der Waals surface area (Å²) in [5, 5.41) is 7.35. The number of aryl methyl sites for hydroxylation is 1. The first-order chi connectivity index (χ1) is 16.1. The van der Waals surface area contributed by atoms with Gasteiger partial charge >= 0.3 is 0 Å². The van der Waals surface area contributed by atoms with Gasteiger partial charge in [0.25, 0.3) is 0 Å². The molecule has 168 valence electrons. The van der Waals surface area contributed by atoms with E-state index in [1.54, 1.807) is 0 Å². The van der Waals surface area contributed by atoms with E-state index in [0.717, 1.165) is 46.9 Å². The minimum atomic E-state index is -0.0748. The second kappa shape index (κ2) is 9.30. The highest BCUT2D eigenvalue weighted by Crippen LogP contribution is 2.21. The highest BCUT2D eigenvalue weighted by atomic mass is 16.5. The Balaban J connectivity index is 1.22. The van der Waals surface area contributed by atoms with Gasteiger partial charge in [0.2, 0.25) is 11.9 Å². The number of para-hydroxylation sites is 1. The van der Waals surface area contributed by atoms with E-state index in [0.29, 0.717) is 19.2 Å². The van der Waals surface area contributed by atoms with E-state index in [2.05, 4.69) is 25.5 Å². The SMILES string of the molecule is Cc1cc(N2CCOCC2)nc(Nc2ccc(NC(=O)Cn3ccc4ccccc43)cc2)n1. The van der Waals surface area contributed by atoms with Crippen LogP contribution in [-0.4, -0.2) is 46.7 Å². The molecule has 0 aliphatic carbocycles. The number of hydrogen-bond acceptors (Lipinski definition) is 6. The molecule has 0 unspecified atom stereocenters. The lowest BCUT2D eigenvalue weighted by Crippen LogP contribution is -2.36. The molecule has 3 heterocycles. The van der Waals surface area contributed by atoms with Gasteiger partial charge in [-0.2, -0.15) is 4.98 Å². The number of nitrogens with one attached hydrogen (secondary N) is 2. The van der Waals surface area contributed by atoms with Crippen molar-refractivity contribution in [1.82, 2.24) is 14.5 Å². The molecule has 0 radical (unpaired) electrons. The summed E-state index contributed by atoms with van der Waals surface area (Å²) in [6.45, 7) is 5.28. The fourth-order valence-corrected chi connectivity index (χ4v) is 3.96. The lowest BCUT2D eigenvalue weighted by Gasteiger charge is -2.28. The molecule has 0 saturated carbocycles. The molecular formula is C25H26N6O2. The highest BCUT2D eigenvalue weighted by molar-refractivity contribution is 5.92. The Morgan fingerprint density at radius 3 is 2.58 bits per heavy atom. The summed E-state index contributed by atoms with van der Waals surface area (Å²) in [5.41, 5.74) is 3.53. The zero-order chi connectivity index (χ0) is 22.6. The van der Waals surface area contributed by atoms with Crippen molar-refractivity contribution in [3.05, 3.63) is 72.6 Å². The maximum atomic E-state index is 12.5. The lowest BCUT2D eigenvalue weighted by atomic mass is 10.2. The predicted molar refractivity (Wildman–Crippen MR) is 130 cm³/mol. The lowest BCUT2D eigenvalue weighted by molar-refractivity contribution is -0.116. The number of fused-ring (bicyclic) bond motifs is 1. The number of morpholine rings is 1. The number of amides is 1. The molecule has 1 saturated heterocycles. The van der Waals surface area contributed by atoms with Crippen LogP contribution in [0.5, 0.6) is 0 Å². The molecule has 1 aliphatic rings. The number of nitrogens with zero attached hydrogens (tertiary/aromatic N) is 4. The topological polar surface area (TPSA) is 84.3 Å². The minimum Gasteiger partial charge on any atom is -0.378 e. The standard InChI is InChI=1S/C25H26N6O2/c1-18-16-23(30-12-14-33-15-13-30)29-25(26-18)28-21-8-6-20(7-9-21)27-24(32)17-31-11-10-19-4-2-3-5-22(19)31/h2-11,16H,12-15,17H2,1H3,(H,27,32)(H,26,28,29). The van der Waals surface area contributed by atoms with Crippen LogP contribution in [0.3, 0.4) is 0 Å². The Labute approximate surface area is 192 Å². The van der Waals surface area contributed by atoms with Crippen LogP contribution >= 0.6 is 0 Å². The Hall–Kier alpha value is -3.91. The third kappa shape index (κ3) is 4.96. The second-order valence-electron chi connectivity index (χ2n) is 8.04. The summed E-state index contributed by atoms with van der Waals surface area (Å²) >= 11 is 0.